The number of fused-ring (bicyclic) bond motifs is 6. The van der Waals surface area contributed by atoms with E-state index in [0.717, 1.165) is 54.3 Å². The lowest BCUT2D eigenvalue weighted by molar-refractivity contribution is -0.133. The van der Waals surface area contributed by atoms with Crippen LogP contribution in [-0.4, -0.2) is 26.3 Å². The fourth-order valence-electron chi connectivity index (χ4n) is 9.01. The third-order valence-electron chi connectivity index (χ3n) is 10.5. The van der Waals surface area contributed by atoms with Gasteiger partial charge in [-0.15, -0.1) is 0 Å². The fraction of sp³-hybridized carbons (Fsp3) is 0.714. The van der Waals surface area contributed by atoms with Crippen molar-refractivity contribution in [2.45, 2.75) is 83.8 Å². The molecule has 4 fully saturated rings. The van der Waals surface area contributed by atoms with Gasteiger partial charge in [0.2, 0.25) is 0 Å². The average molecular weight is 453 g/mol. The van der Waals surface area contributed by atoms with Gasteiger partial charge >= 0.3 is 0 Å². The highest BCUT2D eigenvalue weighted by Crippen LogP contribution is 2.64. The Morgan fingerprint density at radius 1 is 1.09 bits per heavy atom. The quantitative estimate of drug-likeness (QED) is 0.644. The van der Waals surface area contributed by atoms with Crippen LogP contribution in [0, 0.1) is 46.7 Å². The van der Waals surface area contributed by atoms with E-state index in [1.807, 2.05) is 6.92 Å². The van der Waals surface area contributed by atoms with Crippen molar-refractivity contribution in [2.24, 2.45) is 40.9 Å². The van der Waals surface area contributed by atoms with Crippen LogP contribution in [0.15, 0.2) is 24.4 Å². The minimum atomic E-state index is -0.467. The lowest BCUT2D eigenvalue weighted by atomic mass is 9.49. The second-order valence-corrected chi connectivity index (χ2v) is 12.3. The summed E-state index contributed by atoms with van der Waals surface area (Å²) < 4.78 is 15.3. The summed E-state index contributed by atoms with van der Waals surface area (Å²) in [5.41, 5.74) is 0.373. The van der Waals surface area contributed by atoms with E-state index >= 15 is 0 Å². The molecule has 0 saturated heterocycles. The van der Waals surface area contributed by atoms with Gasteiger partial charge in [0.1, 0.15) is 5.82 Å². The molecule has 0 aliphatic heterocycles. The van der Waals surface area contributed by atoms with Crippen LogP contribution >= 0.6 is 0 Å². The third kappa shape index (κ3) is 3.57. The third-order valence-corrected chi connectivity index (χ3v) is 10.5. The summed E-state index contributed by atoms with van der Waals surface area (Å²) in [5.74, 6) is 3.80. The molecule has 1 heterocycles. The second kappa shape index (κ2) is 7.63. The maximum absolute atomic E-state index is 13.6. The van der Waals surface area contributed by atoms with Crippen molar-refractivity contribution >= 4 is 16.7 Å². The molecule has 5 heteroatoms. The number of carbonyl (C=O) groups is 1. The van der Waals surface area contributed by atoms with E-state index in [1.54, 1.807) is 16.9 Å². The highest BCUT2D eigenvalue weighted by Gasteiger charge is 2.58. The molecule has 0 bridgehead atoms. The highest BCUT2D eigenvalue weighted by atomic mass is 19.1. The van der Waals surface area contributed by atoms with Crippen molar-refractivity contribution in [1.82, 2.24) is 9.78 Å². The van der Waals surface area contributed by atoms with Gasteiger partial charge in [0.15, 0.2) is 5.78 Å². The Morgan fingerprint density at radius 3 is 2.76 bits per heavy atom. The summed E-state index contributed by atoms with van der Waals surface area (Å²) >= 11 is 0. The molecule has 6 rings (SSSR count). The Morgan fingerprint density at radius 2 is 1.91 bits per heavy atom. The molecule has 4 saturated carbocycles. The first kappa shape index (κ1) is 21.8. The average Bonchev–Trinajstić information content (AvgIpc) is 3.32. The molecule has 0 spiro atoms. The van der Waals surface area contributed by atoms with E-state index in [2.05, 4.69) is 12.0 Å². The predicted octanol–water partition coefficient (Wildman–Crippen LogP) is 5.76. The van der Waals surface area contributed by atoms with Gasteiger partial charge in [-0.1, -0.05) is 6.92 Å². The van der Waals surface area contributed by atoms with E-state index in [1.165, 1.54) is 44.2 Å². The number of Topliss-reactive ketones (excluding diaryl/α,β-unsaturated/α-hetero) is 1. The smallest absolute Gasteiger partial charge is 0.157 e. The Kier molecular flexibility index (Phi) is 5.03. The minimum Gasteiger partial charge on any atom is -0.390 e. The molecule has 0 amide bonds. The summed E-state index contributed by atoms with van der Waals surface area (Å²) in [5, 5.41) is 15.9. The van der Waals surface area contributed by atoms with Crippen LogP contribution in [0.2, 0.25) is 0 Å². The normalized spacial score (nSPS) is 42.5. The molecule has 8 atom stereocenters. The van der Waals surface area contributed by atoms with Gasteiger partial charge in [-0.05, 0) is 118 Å². The maximum atomic E-state index is 13.6. The van der Waals surface area contributed by atoms with Gasteiger partial charge in [-0.3, -0.25) is 9.48 Å². The van der Waals surface area contributed by atoms with Gasteiger partial charge in [-0.2, -0.15) is 5.10 Å². The number of halogens is 1. The zero-order valence-corrected chi connectivity index (χ0v) is 20.0. The Balaban J connectivity index is 1.18. The molecule has 1 N–H and O–H groups in total. The van der Waals surface area contributed by atoms with Crippen molar-refractivity contribution in [1.29, 1.82) is 0 Å². The standard InChI is InChI=1S/C28H37FN2O2/c1-27(33)11-9-20-17(14-27)3-5-22-21(20)10-12-28(2)23(22)6-7-24(28)26(32)16-31-15-18-13-19(29)4-8-25(18)30-31/h4,8,13,15,17,20-24,33H,3,5-7,9-12,14,16H2,1-2H3/t17-,20+,21-,22-,23+,24-,27-,28+/m1/s1. The van der Waals surface area contributed by atoms with Crippen molar-refractivity contribution in [3.05, 3.63) is 30.2 Å². The van der Waals surface area contributed by atoms with Crippen molar-refractivity contribution in [2.75, 3.05) is 0 Å². The lowest BCUT2D eigenvalue weighted by Gasteiger charge is -2.56. The lowest BCUT2D eigenvalue weighted by Crippen LogP contribution is -2.51. The molecule has 4 aliphatic rings. The molecular formula is C28H37FN2O2. The number of rotatable bonds is 3. The molecule has 0 unspecified atom stereocenters. The van der Waals surface area contributed by atoms with Crippen molar-refractivity contribution in [3.63, 3.8) is 0 Å². The summed E-state index contributed by atoms with van der Waals surface area (Å²) in [4.78, 5) is 13.5. The van der Waals surface area contributed by atoms with E-state index in [4.69, 9.17) is 0 Å². The van der Waals surface area contributed by atoms with Crippen LogP contribution in [-0.2, 0) is 11.3 Å². The zero-order chi connectivity index (χ0) is 23.0. The van der Waals surface area contributed by atoms with Crippen LogP contribution in [0.1, 0.15) is 71.6 Å². The maximum Gasteiger partial charge on any atom is 0.157 e. The van der Waals surface area contributed by atoms with Gasteiger partial charge < -0.3 is 5.11 Å². The van der Waals surface area contributed by atoms with E-state index < -0.39 is 5.60 Å². The first-order valence-electron chi connectivity index (χ1n) is 13.1. The Hall–Kier alpha value is -1.75. The molecular weight excluding hydrogens is 415 g/mol. The molecule has 2 aromatic rings. The molecule has 178 valence electrons. The van der Waals surface area contributed by atoms with Crippen LogP contribution in [0.25, 0.3) is 10.9 Å². The monoisotopic (exact) mass is 452 g/mol. The largest absolute Gasteiger partial charge is 0.390 e. The van der Waals surface area contributed by atoms with E-state index in [9.17, 15) is 14.3 Å². The van der Waals surface area contributed by atoms with E-state index in [-0.39, 0.29) is 23.7 Å². The molecule has 33 heavy (non-hydrogen) atoms. The number of benzene rings is 1. The van der Waals surface area contributed by atoms with Crippen LogP contribution < -0.4 is 0 Å². The van der Waals surface area contributed by atoms with E-state index in [0.29, 0.717) is 17.6 Å². The Labute approximate surface area is 195 Å². The summed E-state index contributed by atoms with van der Waals surface area (Å²) in [6.07, 6.45) is 12.0. The first-order chi connectivity index (χ1) is 15.7. The number of hydrogen-bond donors (Lipinski definition) is 1. The SMILES string of the molecule is C[C@@]1(O)CC[C@H]2[C@H](CC[C@@H]3[C@@H]2CC[C@]2(C)[C@@H](C(=O)Cn4cc5cc(F)ccc5n4)CC[C@@H]32)C1. The number of aromatic nitrogens is 2. The topological polar surface area (TPSA) is 55.1 Å². The molecule has 0 radical (unpaired) electrons. The molecule has 1 aromatic heterocycles. The highest BCUT2D eigenvalue weighted by molar-refractivity contribution is 5.83. The van der Waals surface area contributed by atoms with Crippen LogP contribution in [0.5, 0.6) is 0 Å². The predicted molar refractivity (Wildman–Crippen MR) is 126 cm³/mol. The van der Waals surface area contributed by atoms with Gasteiger partial charge in [0.25, 0.3) is 0 Å². The van der Waals surface area contributed by atoms with Gasteiger partial charge in [0, 0.05) is 17.5 Å². The number of nitrogens with zero attached hydrogens (tertiary/aromatic N) is 2. The van der Waals surface area contributed by atoms with Gasteiger partial charge in [0.05, 0.1) is 17.7 Å². The summed E-state index contributed by atoms with van der Waals surface area (Å²) in [7, 11) is 0. The van der Waals surface area contributed by atoms with Crippen molar-refractivity contribution < 1.29 is 14.3 Å². The van der Waals surface area contributed by atoms with Gasteiger partial charge in [-0.25, -0.2) is 4.39 Å². The number of ketones is 1. The molecule has 1 aromatic carbocycles. The van der Waals surface area contributed by atoms with Crippen molar-refractivity contribution in [3.8, 4) is 0 Å². The number of hydrogen-bond acceptors (Lipinski definition) is 3. The van der Waals surface area contributed by atoms with Crippen LogP contribution in [0.3, 0.4) is 0 Å². The molecule has 4 aliphatic carbocycles. The zero-order valence-electron chi connectivity index (χ0n) is 20.0. The molecule has 4 nitrogen and oxygen atoms in total. The van der Waals surface area contributed by atoms with Crippen LogP contribution in [0.4, 0.5) is 4.39 Å². The summed E-state index contributed by atoms with van der Waals surface area (Å²) in [6, 6.07) is 4.59. The first-order valence-corrected chi connectivity index (χ1v) is 13.1. The summed E-state index contributed by atoms with van der Waals surface area (Å²) in [6.45, 7) is 4.72. The minimum absolute atomic E-state index is 0.101. The second-order valence-electron chi connectivity index (χ2n) is 12.3. The number of carbonyl (C=O) groups excluding carboxylic acids is 1. The fourth-order valence-corrected chi connectivity index (χ4v) is 9.01. The Bertz CT molecular complexity index is 1080. The number of aliphatic hydroxyl groups is 1.